The molecule has 0 radical (unpaired) electrons. The molecule has 0 unspecified atom stereocenters. The Hall–Kier alpha value is -2.15. The van der Waals surface area contributed by atoms with Crippen LogP contribution < -0.4 is 0 Å². The van der Waals surface area contributed by atoms with Crippen LogP contribution in [0.25, 0.3) is 6.08 Å². The van der Waals surface area contributed by atoms with Crippen LogP contribution in [0.15, 0.2) is 29.2 Å². The standard InChI is InChI=1S/C13H10FNO4S/c14-9-3-1-8(2-4-9)7-10-12(18)15(13(19)20-10)6-5-11(16)17/h1-4,7H,5-6H2,(H,16,17). The zero-order chi connectivity index (χ0) is 14.7. The second-order valence-corrected chi connectivity index (χ2v) is 5.02. The van der Waals surface area contributed by atoms with Gasteiger partial charge in [0.25, 0.3) is 11.1 Å². The number of amides is 2. The number of hydrogen-bond acceptors (Lipinski definition) is 4. The maximum Gasteiger partial charge on any atom is 0.305 e. The van der Waals surface area contributed by atoms with Crippen molar-refractivity contribution >= 4 is 35.0 Å². The second kappa shape index (κ2) is 5.87. The van der Waals surface area contributed by atoms with Crippen LogP contribution in [0.5, 0.6) is 0 Å². The zero-order valence-corrected chi connectivity index (χ0v) is 11.0. The first kappa shape index (κ1) is 14.3. The van der Waals surface area contributed by atoms with Crippen molar-refractivity contribution < 1.29 is 23.9 Å². The summed E-state index contributed by atoms with van der Waals surface area (Å²) in [6, 6.07) is 5.47. The number of benzene rings is 1. The summed E-state index contributed by atoms with van der Waals surface area (Å²) in [7, 11) is 0. The first-order chi connectivity index (χ1) is 9.47. The van der Waals surface area contributed by atoms with Gasteiger partial charge in [-0.1, -0.05) is 12.1 Å². The fourth-order valence-corrected chi connectivity index (χ4v) is 2.48. The highest BCUT2D eigenvalue weighted by atomic mass is 32.2. The molecule has 20 heavy (non-hydrogen) atoms. The van der Waals surface area contributed by atoms with E-state index in [9.17, 15) is 18.8 Å². The number of hydrogen-bond donors (Lipinski definition) is 1. The average Bonchev–Trinajstić information content (AvgIpc) is 2.65. The van der Waals surface area contributed by atoms with Crippen LogP contribution in [-0.4, -0.2) is 33.7 Å². The maximum absolute atomic E-state index is 12.8. The van der Waals surface area contributed by atoms with Gasteiger partial charge in [0.1, 0.15) is 5.82 Å². The summed E-state index contributed by atoms with van der Waals surface area (Å²) in [6.45, 7) is -0.152. The quantitative estimate of drug-likeness (QED) is 0.863. The molecule has 1 aliphatic rings. The molecule has 104 valence electrons. The SMILES string of the molecule is O=C(O)CCN1C(=O)SC(=Cc2ccc(F)cc2)C1=O. The van der Waals surface area contributed by atoms with Crippen molar-refractivity contribution in [2.45, 2.75) is 6.42 Å². The van der Waals surface area contributed by atoms with Crippen LogP contribution in [0.2, 0.25) is 0 Å². The topological polar surface area (TPSA) is 74.7 Å². The van der Waals surface area contributed by atoms with Gasteiger partial charge in [0.05, 0.1) is 11.3 Å². The molecule has 7 heteroatoms. The van der Waals surface area contributed by atoms with Crippen molar-refractivity contribution in [3.05, 3.63) is 40.6 Å². The molecule has 5 nitrogen and oxygen atoms in total. The molecule has 1 aromatic rings. The number of halogens is 1. The summed E-state index contributed by atoms with van der Waals surface area (Å²) in [5, 5.41) is 8.07. The number of carbonyl (C=O) groups excluding carboxylic acids is 2. The van der Waals surface area contributed by atoms with E-state index < -0.39 is 22.9 Å². The Morgan fingerprint density at radius 2 is 1.95 bits per heavy atom. The molecule has 1 N–H and O–H groups in total. The summed E-state index contributed by atoms with van der Waals surface area (Å²) in [4.78, 5) is 35.1. The molecule has 0 bridgehead atoms. The Morgan fingerprint density at radius 1 is 1.30 bits per heavy atom. The molecule has 0 saturated carbocycles. The predicted octanol–water partition coefficient (Wildman–Crippen LogP) is 2.34. The van der Waals surface area contributed by atoms with Gasteiger partial charge in [-0.15, -0.1) is 0 Å². The molecular formula is C13H10FNO4S. The lowest BCUT2D eigenvalue weighted by Crippen LogP contribution is -2.30. The number of aliphatic carboxylic acids is 1. The van der Waals surface area contributed by atoms with Gasteiger partial charge in [-0.2, -0.15) is 0 Å². The van der Waals surface area contributed by atoms with Crippen LogP contribution in [-0.2, 0) is 9.59 Å². The summed E-state index contributed by atoms with van der Waals surface area (Å²) in [6.07, 6.45) is 1.19. The number of thioether (sulfide) groups is 1. The van der Waals surface area contributed by atoms with E-state index in [1.807, 2.05) is 0 Å². The monoisotopic (exact) mass is 295 g/mol. The van der Waals surface area contributed by atoms with E-state index in [4.69, 9.17) is 5.11 Å². The fraction of sp³-hybridized carbons (Fsp3) is 0.154. The number of carbonyl (C=O) groups is 3. The van der Waals surface area contributed by atoms with Crippen LogP contribution in [0, 0.1) is 5.82 Å². The van der Waals surface area contributed by atoms with Crippen molar-refractivity contribution in [1.82, 2.24) is 4.90 Å². The van der Waals surface area contributed by atoms with Gasteiger partial charge >= 0.3 is 5.97 Å². The molecule has 1 saturated heterocycles. The van der Waals surface area contributed by atoms with Gasteiger partial charge in [-0.25, -0.2) is 4.39 Å². The largest absolute Gasteiger partial charge is 0.481 e. The van der Waals surface area contributed by atoms with Crippen LogP contribution >= 0.6 is 11.8 Å². The third kappa shape index (κ3) is 3.24. The number of carboxylic acid groups (broad SMARTS) is 1. The van der Waals surface area contributed by atoms with Crippen molar-refractivity contribution in [3.63, 3.8) is 0 Å². The van der Waals surface area contributed by atoms with Gasteiger partial charge in [-0.3, -0.25) is 19.3 Å². The normalized spacial score (nSPS) is 17.1. The molecule has 0 spiro atoms. The second-order valence-electron chi connectivity index (χ2n) is 4.03. The smallest absolute Gasteiger partial charge is 0.305 e. The number of imide groups is 1. The van der Waals surface area contributed by atoms with E-state index in [2.05, 4.69) is 0 Å². The Morgan fingerprint density at radius 3 is 2.55 bits per heavy atom. The summed E-state index contributed by atoms with van der Waals surface area (Å²) >= 11 is 0.744. The lowest BCUT2D eigenvalue weighted by atomic mass is 10.2. The predicted molar refractivity (Wildman–Crippen MR) is 71.3 cm³/mol. The van der Waals surface area contributed by atoms with Crippen molar-refractivity contribution in [1.29, 1.82) is 0 Å². The summed E-state index contributed by atoms with van der Waals surface area (Å²) < 4.78 is 12.8. The highest BCUT2D eigenvalue weighted by molar-refractivity contribution is 8.18. The summed E-state index contributed by atoms with van der Waals surface area (Å²) in [5.41, 5.74) is 0.593. The Kier molecular flexibility index (Phi) is 4.19. The fourth-order valence-electron chi connectivity index (χ4n) is 1.61. The molecular weight excluding hydrogens is 285 g/mol. The van der Waals surface area contributed by atoms with Crippen LogP contribution in [0.1, 0.15) is 12.0 Å². The van der Waals surface area contributed by atoms with Crippen molar-refractivity contribution in [2.75, 3.05) is 6.54 Å². The minimum Gasteiger partial charge on any atom is -0.481 e. The van der Waals surface area contributed by atoms with E-state index in [0.29, 0.717) is 5.56 Å². The minimum absolute atomic E-state index is 0.152. The Labute approximate surface area is 118 Å². The van der Waals surface area contributed by atoms with Crippen LogP contribution in [0.4, 0.5) is 9.18 Å². The molecule has 0 atom stereocenters. The molecule has 2 amide bonds. The molecule has 1 fully saturated rings. The highest BCUT2D eigenvalue weighted by Crippen LogP contribution is 2.32. The average molecular weight is 295 g/mol. The first-order valence-corrected chi connectivity index (χ1v) is 6.52. The van der Waals surface area contributed by atoms with E-state index in [-0.39, 0.29) is 17.9 Å². The molecule has 1 aromatic carbocycles. The van der Waals surface area contributed by atoms with E-state index in [0.717, 1.165) is 16.7 Å². The summed E-state index contributed by atoms with van der Waals surface area (Å²) in [5.74, 6) is -1.99. The number of rotatable bonds is 4. The van der Waals surface area contributed by atoms with Crippen molar-refractivity contribution in [2.24, 2.45) is 0 Å². The molecule has 0 aromatic heterocycles. The molecule has 0 aliphatic carbocycles. The van der Waals surface area contributed by atoms with E-state index in [1.165, 1.54) is 30.3 Å². The molecule has 1 aliphatic heterocycles. The van der Waals surface area contributed by atoms with Crippen molar-refractivity contribution in [3.8, 4) is 0 Å². The van der Waals surface area contributed by atoms with E-state index >= 15 is 0 Å². The van der Waals surface area contributed by atoms with Crippen LogP contribution in [0.3, 0.4) is 0 Å². The number of nitrogens with zero attached hydrogens (tertiary/aromatic N) is 1. The molecule has 2 rings (SSSR count). The van der Waals surface area contributed by atoms with E-state index in [1.54, 1.807) is 0 Å². The highest BCUT2D eigenvalue weighted by Gasteiger charge is 2.34. The lowest BCUT2D eigenvalue weighted by Gasteiger charge is -2.09. The van der Waals surface area contributed by atoms with Gasteiger partial charge in [0, 0.05) is 6.54 Å². The minimum atomic E-state index is -1.08. The Balaban J connectivity index is 2.14. The van der Waals surface area contributed by atoms with Gasteiger partial charge in [0.15, 0.2) is 0 Å². The maximum atomic E-state index is 12.8. The molecule has 1 heterocycles. The third-order valence-corrected chi connectivity index (χ3v) is 3.50. The zero-order valence-electron chi connectivity index (χ0n) is 10.2. The van der Waals surface area contributed by atoms with Gasteiger partial charge in [-0.05, 0) is 35.5 Å². The lowest BCUT2D eigenvalue weighted by molar-refractivity contribution is -0.137. The Bertz CT molecular complexity index is 597. The van der Waals surface area contributed by atoms with Gasteiger partial charge in [0.2, 0.25) is 0 Å². The van der Waals surface area contributed by atoms with Gasteiger partial charge < -0.3 is 5.11 Å². The first-order valence-electron chi connectivity index (χ1n) is 5.70. The third-order valence-electron chi connectivity index (χ3n) is 2.59. The number of carboxylic acids is 1.